The van der Waals surface area contributed by atoms with E-state index in [9.17, 15) is 0 Å². The highest BCUT2D eigenvalue weighted by Crippen LogP contribution is 2.31. The minimum Gasteiger partial charge on any atom is -0.398 e. The third-order valence-corrected chi connectivity index (χ3v) is 4.15. The molecule has 0 unspecified atom stereocenters. The second-order valence-electron chi connectivity index (χ2n) is 5.89. The molecule has 1 aromatic heterocycles. The van der Waals surface area contributed by atoms with Crippen LogP contribution in [0.15, 0.2) is 35.0 Å². The van der Waals surface area contributed by atoms with E-state index in [2.05, 4.69) is 18.0 Å². The van der Waals surface area contributed by atoms with E-state index >= 15 is 0 Å². The Bertz CT molecular complexity index is 609. The molecule has 1 heterocycles. The molecule has 0 aromatic carbocycles. The second kappa shape index (κ2) is 7.92. The number of aliphatic imine (C=N–C) groups is 1. The Morgan fingerprint density at radius 1 is 1.32 bits per heavy atom. The molecule has 1 aromatic rings. The van der Waals surface area contributed by atoms with Gasteiger partial charge < -0.3 is 5.73 Å². The summed E-state index contributed by atoms with van der Waals surface area (Å²) < 4.78 is 0. The van der Waals surface area contributed by atoms with Gasteiger partial charge in [0.05, 0.1) is 17.1 Å². The van der Waals surface area contributed by atoms with Crippen LogP contribution in [0.3, 0.4) is 0 Å². The number of nitrogens with two attached hydrogens (primary N) is 1. The summed E-state index contributed by atoms with van der Waals surface area (Å²) in [5.41, 5.74) is 12.7. The summed E-state index contributed by atoms with van der Waals surface area (Å²) >= 11 is 0. The van der Waals surface area contributed by atoms with Crippen molar-refractivity contribution in [3.05, 3.63) is 46.9 Å². The van der Waals surface area contributed by atoms with Gasteiger partial charge in [-0.05, 0) is 44.4 Å². The third kappa shape index (κ3) is 3.85. The van der Waals surface area contributed by atoms with Crippen LogP contribution in [0, 0.1) is 0 Å². The Morgan fingerprint density at radius 2 is 2.14 bits per heavy atom. The van der Waals surface area contributed by atoms with Gasteiger partial charge in [-0.1, -0.05) is 32.3 Å². The molecule has 3 nitrogen and oxygen atoms in total. The molecule has 3 heteroatoms. The largest absolute Gasteiger partial charge is 0.398 e. The van der Waals surface area contributed by atoms with Crippen molar-refractivity contribution < 1.29 is 0 Å². The number of fused-ring (bicyclic) bond motifs is 1. The number of unbranched alkanes of at least 4 members (excludes halogenated alkanes) is 3. The van der Waals surface area contributed by atoms with Gasteiger partial charge in [-0.3, -0.25) is 9.98 Å². The highest BCUT2D eigenvalue weighted by Gasteiger charge is 2.20. The first-order valence-electron chi connectivity index (χ1n) is 8.31. The summed E-state index contributed by atoms with van der Waals surface area (Å²) in [7, 11) is 0. The van der Waals surface area contributed by atoms with E-state index in [-0.39, 0.29) is 0 Å². The number of pyridine rings is 1. The van der Waals surface area contributed by atoms with Crippen LogP contribution in [0.4, 0.5) is 0 Å². The van der Waals surface area contributed by atoms with Gasteiger partial charge in [0.25, 0.3) is 0 Å². The average molecular weight is 297 g/mol. The molecule has 1 aliphatic rings. The summed E-state index contributed by atoms with van der Waals surface area (Å²) in [5.74, 6) is 0. The van der Waals surface area contributed by atoms with Gasteiger partial charge in [-0.15, -0.1) is 0 Å². The van der Waals surface area contributed by atoms with Crippen LogP contribution in [0.25, 0.3) is 5.70 Å². The van der Waals surface area contributed by atoms with Crippen molar-refractivity contribution in [3.63, 3.8) is 0 Å². The Kier molecular flexibility index (Phi) is 5.93. The lowest BCUT2D eigenvalue weighted by molar-refractivity contribution is 0.660. The van der Waals surface area contributed by atoms with Gasteiger partial charge in [-0.25, -0.2) is 0 Å². The summed E-state index contributed by atoms with van der Waals surface area (Å²) in [5, 5.41) is 0. The fraction of sp³-hybridized carbons (Fsp3) is 0.474. The molecule has 0 saturated carbocycles. The summed E-state index contributed by atoms with van der Waals surface area (Å²) in [6, 6.07) is 4.12. The fourth-order valence-electron chi connectivity index (χ4n) is 2.81. The van der Waals surface area contributed by atoms with Gasteiger partial charge in [-0.2, -0.15) is 0 Å². The maximum atomic E-state index is 6.31. The molecule has 0 amide bonds. The lowest BCUT2D eigenvalue weighted by Crippen LogP contribution is -2.03. The van der Waals surface area contributed by atoms with Crippen molar-refractivity contribution in [2.24, 2.45) is 10.7 Å². The molecule has 0 atom stereocenters. The zero-order valence-corrected chi connectivity index (χ0v) is 14.0. The molecule has 0 aliphatic heterocycles. The average Bonchev–Trinajstić information content (AvgIpc) is 2.85. The van der Waals surface area contributed by atoms with Crippen LogP contribution in [0.1, 0.15) is 69.8 Å². The summed E-state index contributed by atoms with van der Waals surface area (Å²) in [6.07, 6.45) is 10.8. The van der Waals surface area contributed by atoms with Crippen molar-refractivity contribution in [2.45, 2.75) is 59.3 Å². The molecule has 2 N–H and O–H groups in total. The molecule has 0 radical (unpaired) electrons. The van der Waals surface area contributed by atoms with Crippen molar-refractivity contribution in [1.82, 2.24) is 4.98 Å². The van der Waals surface area contributed by atoms with Gasteiger partial charge in [0.2, 0.25) is 0 Å². The zero-order valence-electron chi connectivity index (χ0n) is 14.0. The lowest BCUT2D eigenvalue weighted by Gasteiger charge is -2.04. The van der Waals surface area contributed by atoms with E-state index in [4.69, 9.17) is 10.7 Å². The minimum absolute atomic E-state index is 0.901. The Hall–Kier alpha value is -1.90. The molecule has 0 spiro atoms. The molecule has 2 rings (SSSR count). The monoisotopic (exact) mass is 297 g/mol. The van der Waals surface area contributed by atoms with E-state index in [1.54, 1.807) is 6.20 Å². The highest BCUT2D eigenvalue weighted by atomic mass is 14.8. The fourth-order valence-corrected chi connectivity index (χ4v) is 2.81. The molecule has 1 aliphatic carbocycles. The number of nitrogens with zero attached hydrogens (tertiary/aromatic N) is 2. The molecule has 0 bridgehead atoms. The van der Waals surface area contributed by atoms with Crippen molar-refractivity contribution in [2.75, 3.05) is 0 Å². The molecular formula is C19H27N3. The van der Waals surface area contributed by atoms with E-state index < -0.39 is 0 Å². The molecule has 0 saturated heterocycles. The Labute approximate surface area is 134 Å². The van der Waals surface area contributed by atoms with E-state index in [0.29, 0.717) is 0 Å². The van der Waals surface area contributed by atoms with Crippen molar-refractivity contribution >= 4 is 11.4 Å². The second-order valence-corrected chi connectivity index (χ2v) is 5.89. The van der Waals surface area contributed by atoms with Crippen molar-refractivity contribution in [1.29, 1.82) is 0 Å². The Balaban J connectivity index is 2.09. The molecule has 118 valence electrons. The lowest BCUT2D eigenvalue weighted by atomic mass is 10.0. The van der Waals surface area contributed by atoms with Crippen LogP contribution < -0.4 is 5.73 Å². The first-order chi connectivity index (χ1) is 10.7. The van der Waals surface area contributed by atoms with E-state index in [0.717, 1.165) is 41.2 Å². The molecular weight excluding hydrogens is 270 g/mol. The summed E-state index contributed by atoms with van der Waals surface area (Å²) in [4.78, 5) is 9.14. The standard InChI is InChI=1S/C19H27N3/c1-4-6-7-8-9-15-13-18-16(19(15)20)10-11-17(22-18)14(3)21-12-5-2/h5,10-12H,4,6-9,13,20H2,1-3H3/b12-5-,21-14?. The number of rotatable bonds is 7. The minimum atomic E-state index is 0.901. The third-order valence-electron chi connectivity index (χ3n) is 4.15. The maximum absolute atomic E-state index is 6.31. The maximum Gasteiger partial charge on any atom is 0.0845 e. The quantitative estimate of drug-likeness (QED) is 0.589. The number of aromatic nitrogens is 1. The molecule has 22 heavy (non-hydrogen) atoms. The van der Waals surface area contributed by atoms with Crippen LogP contribution in [0.5, 0.6) is 0 Å². The summed E-state index contributed by atoms with van der Waals surface area (Å²) in [6.45, 7) is 6.19. The highest BCUT2D eigenvalue weighted by molar-refractivity contribution is 5.97. The van der Waals surface area contributed by atoms with Crippen LogP contribution >= 0.6 is 0 Å². The molecule has 0 fully saturated rings. The topological polar surface area (TPSA) is 51.3 Å². The van der Waals surface area contributed by atoms with E-state index in [1.165, 1.54) is 31.3 Å². The number of hydrogen-bond acceptors (Lipinski definition) is 3. The predicted molar refractivity (Wildman–Crippen MR) is 94.8 cm³/mol. The van der Waals surface area contributed by atoms with Gasteiger partial charge in [0.15, 0.2) is 0 Å². The first-order valence-corrected chi connectivity index (χ1v) is 8.31. The number of hydrogen-bond donors (Lipinski definition) is 1. The van der Waals surface area contributed by atoms with Gasteiger partial charge >= 0.3 is 0 Å². The van der Waals surface area contributed by atoms with E-state index in [1.807, 2.05) is 26.0 Å². The van der Waals surface area contributed by atoms with Gasteiger partial charge in [0, 0.05) is 23.9 Å². The first kappa shape index (κ1) is 16.5. The van der Waals surface area contributed by atoms with Crippen LogP contribution in [0.2, 0.25) is 0 Å². The van der Waals surface area contributed by atoms with Crippen molar-refractivity contribution in [3.8, 4) is 0 Å². The smallest absolute Gasteiger partial charge is 0.0845 e. The Morgan fingerprint density at radius 3 is 2.86 bits per heavy atom. The van der Waals surface area contributed by atoms with Gasteiger partial charge in [0.1, 0.15) is 0 Å². The zero-order chi connectivity index (χ0) is 15.9. The van der Waals surface area contributed by atoms with Crippen LogP contribution in [-0.4, -0.2) is 10.7 Å². The predicted octanol–water partition coefficient (Wildman–Crippen LogP) is 4.62. The SMILES string of the molecule is C/C=C\N=C(C)c1ccc2c(n1)CC(CCCCCC)=C2N. The number of allylic oxidation sites excluding steroid dienone is 2. The normalized spacial score (nSPS) is 15.0. The van der Waals surface area contributed by atoms with Crippen LogP contribution in [-0.2, 0) is 6.42 Å².